The summed E-state index contributed by atoms with van der Waals surface area (Å²) in [5.74, 6) is 0. The molecule has 2 nitrogen and oxygen atoms in total. The minimum absolute atomic E-state index is 0. The third-order valence-corrected chi connectivity index (χ3v) is 1.39. The van der Waals surface area contributed by atoms with Crippen LogP contribution in [0.4, 0.5) is 0 Å². The first-order valence-electron chi connectivity index (χ1n) is 3.08. The van der Waals surface area contributed by atoms with Crippen LogP contribution in [-0.2, 0) is 6.54 Å². The minimum atomic E-state index is 0. The third-order valence-electron chi connectivity index (χ3n) is 1.17. The molecule has 0 atom stereocenters. The van der Waals surface area contributed by atoms with E-state index in [1.54, 1.807) is 12.3 Å². The maximum atomic E-state index is 5.58. The smallest absolute Gasteiger partial charge is 0.129 e. The Balaban J connectivity index is 0.000001000. The van der Waals surface area contributed by atoms with E-state index in [4.69, 9.17) is 11.6 Å². The molecule has 0 aliphatic rings. The number of pyridine rings is 1. The molecule has 62 valence electrons. The Morgan fingerprint density at radius 3 is 2.73 bits per heavy atom. The fourth-order valence-electron chi connectivity index (χ4n) is 0.715. The Kier molecular flexibility index (Phi) is 5.20. The first kappa shape index (κ1) is 10.7. The highest BCUT2D eigenvalue weighted by molar-refractivity contribution is 6.29. The second kappa shape index (κ2) is 5.35. The highest BCUT2D eigenvalue weighted by Gasteiger charge is 1.89. The maximum Gasteiger partial charge on any atom is 0.129 e. The average molecular weight is 193 g/mol. The molecule has 0 radical (unpaired) electrons. The summed E-state index contributed by atoms with van der Waals surface area (Å²) >= 11 is 5.58. The topological polar surface area (TPSA) is 24.9 Å². The van der Waals surface area contributed by atoms with Crippen molar-refractivity contribution >= 4 is 24.0 Å². The summed E-state index contributed by atoms with van der Waals surface area (Å²) < 4.78 is 0. The van der Waals surface area contributed by atoms with Gasteiger partial charge in [0.25, 0.3) is 0 Å². The highest BCUT2D eigenvalue weighted by Crippen LogP contribution is 2.04. The van der Waals surface area contributed by atoms with Crippen LogP contribution in [0.2, 0.25) is 5.15 Å². The van der Waals surface area contributed by atoms with Gasteiger partial charge in [0, 0.05) is 12.7 Å². The van der Waals surface area contributed by atoms with Crippen molar-refractivity contribution in [2.45, 2.75) is 6.54 Å². The molecule has 0 fully saturated rings. The zero-order valence-corrected chi connectivity index (χ0v) is 7.75. The van der Waals surface area contributed by atoms with Gasteiger partial charge in [-0.05, 0) is 18.7 Å². The van der Waals surface area contributed by atoms with Gasteiger partial charge in [-0.15, -0.1) is 12.4 Å². The van der Waals surface area contributed by atoms with Gasteiger partial charge in [0.15, 0.2) is 0 Å². The van der Waals surface area contributed by atoms with Gasteiger partial charge in [0.1, 0.15) is 5.15 Å². The van der Waals surface area contributed by atoms with Gasteiger partial charge in [-0.25, -0.2) is 4.98 Å². The standard InChI is InChI=1S/C7H9ClN2.ClH/c1-9-4-6-2-3-7(8)10-5-6;/h2-3,5,9H,4H2,1H3;1H. The SMILES string of the molecule is CNCc1ccc(Cl)nc1.Cl. The number of halogens is 2. The molecule has 0 saturated heterocycles. The largest absolute Gasteiger partial charge is 0.316 e. The second-order valence-electron chi connectivity index (χ2n) is 2.02. The van der Waals surface area contributed by atoms with Crippen molar-refractivity contribution in [3.05, 3.63) is 29.0 Å². The molecular formula is C7H10Cl2N2. The molecule has 0 aliphatic heterocycles. The van der Waals surface area contributed by atoms with E-state index >= 15 is 0 Å². The normalized spacial score (nSPS) is 8.91. The number of aromatic nitrogens is 1. The second-order valence-corrected chi connectivity index (χ2v) is 2.41. The Labute approximate surface area is 77.4 Å². The molecule has 1 N–H and O–H groups in total. The molecule has 0 unspecified atom stereocenters. The summed E-state index contributed by atoms with van der Waals surface area (Å²) in [4.78, 5) is 3.92. The van der Waals surface area contributed by atoms with Crippen LogP contribution in [0.25, 0.3) is 0 Å². The number of nitrogens with zero attached hydrogens (tertiary/aromatic N) is 1. The number of hydrogen-bond donors (Lipinski definition) is 1. The van der Waals surface area contributed by atoms with Gasteiger partial charge in [-0.1, -0.05) is 17.7 Å². The van der Waals surface area contributed by atoms with Crippen molar-refractivity contribution in [1.29, 1.82) is 0 Å². The molecule has 0 aliphatic carbocycles. The highest BCUT2D eigenvalue weighted by atomic mass is 35.5. The van der Waals surface area contributed by atoms with Gasteiger partial charge in [0.2, 0.25) is 0 Å². The van der Waals surface area contributed by atoms with Crippen LogP contribution in [0.3, 0.4) is 0 Å². The zero-order chi connectivity index (χ0) is 7.40. The Bertz CT molecular complexity index is 198. The van der Waals surface area contributed by atoms with E-state index in [1.807, 2.05) is 13.1 Å². The number of nitrogens with one attached hydrogen (secondary N) is 1. The van der Waals surface area contributed by atoms with Crippen LogP contribution in [0, 0.1) is 0 Å². The van der Waals surface area contributed by atoms with E-state index in [1.165, 1.54) is 0 Å². The zero-order valence-electron chi connectivity index (χ0n) is 6.17. The van der Waals surface area contributed by atoms with Crippen LogP contribution < -0.4 is 5.32 Å². The fourth-order valence-corrected chi connectivity index (χ4v) is 0.827. The van der Waals surface area contributed by atoms with E-state index in [0.717, 1.165) is 12.1 Å². The van der Waals surface area contributed by atoms with Crippen molar-refractivity contribution in [3.8, 4) is 0 Å². The third kappa shape index (κ3) is 3.56. The summed E-state index contributed by atoms with van der Waals surface area (Å²) in [7, 11) is 1.90. The molecule has 0 amide bonds. The van der Waals surface area contributed by atoms with E-state index in [2.05, 4.69) is 10.3 Å². The molecule has 0 saturated carbocycles. The van der Waals surface area contributed by atoms with Gasteiger partial charge < -0.3 is 5.32 Å². The molecule has 1 aromatic heterocycles. The van der Waals surface area contributed by atoms with Crippen LogP contribution in [-0.4, -0.2) is 12.0 Å². The summed E-state index contributed by atoms with van der Waals surface area (Å²) in [5, 5.41) is 3.56. The molecule has 11 heavy (non-hydrogen) atoms. The van der Waals surface area contributed by atoms with Crippen LogP contribution in [0.15, 0.2) is 18.3 Å². The predicted octanol–water partition coefficient (Wildman–Crippen LogP) is 1.88. The predicted molar refractivity (Wildman–Crippen MR) is 49.3 cm³/mol. The lowest BCUT2D eigenvalue weighted by Gasteiger charge is -1.96. The molecular weight excluding hydrogens is 183 g/mol. The summed E-state index contributed by atoms with van der Waals surface area (Å²) in [6.07, 6.45) is 1.76. The molecule has 0 aromatic carbocycles. The minimum Gasteiger partial charge on any atom is -0.316 e. The molecule has 1 heterocycles. The first-order valence-corrected chi connectivity index (χ1v) is 3.46. The van der Waals surface area contributed by atoms with E-state index in [9.17, 15) is 0 Å². The average Bonchev–Trinajstić information content (AvgIpc) is 1.95. The van der Waals surface area contributed by atoms with E-state index in [-0.39, 0.29) is 12.4 Å². The van der Waals surface area contributed by atoms with Crippen molar-refractivity contribution in [1.82, 2.24) is 10.3 Å². The van der Waals surface area contributed by atoms with E-state index in [0.29, 0.717) is 5.15 Å². The lowest BCUT2D eigenvalue weighted by atomic mass is 10.3. The van der Waals surface area contributed by atoms with Crippen LogP contribution >= 0.6 is 24.0 Å². The summed E-state index contributed by atoms with van der Waals surface area (Å²) in [5.41, 5.74) is 1.15. The van der Waals surface area contributed by atoms with Crippen molar-refractivity contribution in [2.75, 3.05) is 7.05 Å². The van der Waals surface area contributed by atoms with Crippen molar-refractivity contribution in [3.63, 3.8) is 0 Å². The molecule has 0 bridgehead atoms. The quantitative estimate of drug-likeness (QED) is 0.725. The molecule has 1 rings (SSSR count). The summed E-state index contributed by atoms with van der Waals surface area (Å²) in [6.45, 7) is 0.837. The van der Waals surface area contributed by atoms with Crippen molar-refractivity contribution in [2.24, 2.45) is 0 Å². The van der Waals surface area contributed by atoms with Crippen LogP contribution in [0.1, 0.15) is 5.56 Å². The number of rotatable bonds is 2. The van der Waals surface area contributed by atoms with Gasteiger partial charge in [0.05, 0.1) is 0 Å². The van der Waals surface area contributed by atoms with E-state index < -0.39 is 0 Å². The van der Waals surface area contributed by atoms with Gasteiger partial charge in [-0.2, -0.15) is 0 Å². The molecule has 0 spiro atoms. The Hall–Kier alpha value is -0.310. The van der Waals surface area contributed by atoms with Crippen molar-refractivity contribution < 1.29 is 0 Å². The van der Waals surface area contributed by atoms with Gasteiger partial charge >= 0.3 is 0 Å². The molecule has 4 heteroatoms. The lowest BCUT2D eigenvalue weighted by Crippen LogP contribution is -2.04. The molecule has 1 aromatic rings. The monoisotopic (exact) mass is 192 g/mol. The maximum absolute atomic E-state index is 5.58. The van der Waals surface area contributed by atoms with Gasteiger partial charge in [-0.3, -0.25) is 0 Å². The first-order chi connectivity index (χ1) is 4.83. The van der Waals surface area contributed by atoms with Crippen LogP contribution in [0.5, 0.6) is 0 Å². The Morgan fingerprint density at radius 1 is 1.55 bits per heavy atom. The fraction of sp³-hybridized carbons (Fsp3) is 0.286. The lowest BCUT2D eigenvalue weighted by molar-refractivity contribution is 0.813. The Morgan fingerprint density at radius 2 is 2.27 bits per heavy atom. The number of hydrogen-bond acceptors (Lipinski definition) is 2. The summed E-state index contributed by atoms with van der Waals surface area (Å²) in [6, 6.07) is 3.74.